The number of halogens is 1. The summed E-state index contributed by atoms with van der Waals surface area (Å²) < 4.78 is 48.0. The third-order valence-electron chi connectivity index (χ3n) is 6.33. The van der Waals surface area contributed by atoms with Gasteiger partial charge in [-0.25, -0.2) is 17.5 Å². The van der Waals surface area contributed by atoms with Gasteiger partial charge >= 0.3 is 0 Å². The number of rotatable bonds is 8. The van der Waals surface area contributed by atoms with Gasteiger partial charge in [0.05, 0.1) is 30.9 Å². The lowest BCUT2D eigenvalue weighted by atomic mass is 9.83. The second-order valence-corrected chi connectivity index (χ2v) is 11.4. The number of ether oxygens (including phenoxy) is 1. The number of nitrogens with one attached hydrogen (secondary N) is 1. The molecule has 37 heavy (non-hydrogen) atoms. The van der Waals surface area contributed by atoms with Crippen LogP contribution in [0.15, 0.2) is 53.5 Å². The SMILES string of the molecule is Cn1nc(C(C)(C)c2ccc(-c3ccccc3)c(F)c2)nc1NC(N)=NCCS(=O)(=O)N1CCOCC1. The zero-order valence-electron chi connectivity index (χ0n) is 21.2. The van der Waals surface area contributed by atoms with E-state index < -0.39 is 15.4 Å². The number of guanidine groups is 1. The molecular weight excluding hydrogens is 497 g/mol. The topological polar surface area (TPSA) is 128 Å². The third-order valence-corrected chi connectivity index (χ3v) is 8.18. The zero-order chi connectivity index (χ0) is 26.6. The Bertz CT molecular complexity index is 1370. The first kappa shape index (κ1) is 26.7. The van der Waals surface area contributed by atoms with Crippen LogP contribution in [0.1, 0.15) is 25.2 Å². The van der Waals surface area contributed by atoms with Crippen LogP contribution in [0, 0.1) is 5.82 Å². The predicted octanol–water partition coefficient (Wildman–Crippen LogP) is 2.34. The smallest absolute Gasteiger partial charge is 0.227 e. The maximum atomic E-state index is 15.0. The van der Waals surface area contributed by atoms with Gasteiger partial charge in [-0.2, -0.15) is 14.4 Å². The van der Waals surface area contributed by atoms with E-state index in [0.717, 1.165) is 11.1 Å². The highest BCUT2D eigenvalue weighted by Crippen LogP contribution is 2.33. The number of aromatic nitrogens is 3. The molecule has 0 bridgehead atoms. The van der Waals surface area contributed by atoms with E-state index in [0.29, 0.717) is 43.6 Å². The van der Waals surface area contributed by atoms with Crippen LogP contribution in [-0.4, -0.2) is 72.0 Å². The Labute approximate surface area is 216 Å². The summed E-state index contributed by atoms with van der Waals surface area (Å²) in [6.45, 7) is 5.30. The molecule has 0 aliphatic carbocycles. The van der Waals surface area contributed by atoms with E-state index in [-0.39, 0.29) is 24.1 Å². The van der Waals surface area contributed by atoms with Gasteiger partial charge in [-0.3, -0.25) is 10.3 Å². The Balaban J connectivity index is 1.44. The summed E-state index contributed by atoms with van der Waals surface area (Å²) in [4.78, 5) is 8.69. The Kier molecular flexibility index (Phi) is 7.90. The van der Waals surface area contributed by atoms with E-state index in [1.165, 1.54) is 15.1 Å². The third kappa shape index (κ3) is 6.14. The zero-order valence-corrected chi connectivity index (χ0v) is 22.0. The average molecular weight is 530 g/mol. The maximum Gasteiger partial charge on any atom is 0.227 e. The van der Waals surface area contributed by atoms with E-state index in [9.17, 15) is 8.42 Å². The van der Waals surface area contributed by atoms with Crippen molar-refractivity contribution in [3.8, 4) is 11.1 Å². The van der Waals surface area contributed by atoms with Gasteiger partial charge in [0.15, 0.2) is 11.8 Å². The Hall–Kier alpha value is -3.35. The van der Waals surface area contributed by atoms with Crippen molar-refractivity contribution in [3.63, 3.8) is 0 Å². The summed E-state index contributed by atoms with van der Waals surface area (Å²) in [6.07, 6.45) is 0. The molecule has 0 unspecified atom stereocenters. The number of sulfonamides is 1. The van der Waals surface area contributed by atoms with Crippen molar-refractivity contribution in [1.82, 2.24) is 19.1 Å². The van der Waals surface area contributed by atoms with E-state index in [1.54, 1.807) is 13.1 Å². The normalized spacial score (nSPS) is 15.6. The predicted molar refractivity (Wildman–Crippen MR) is 141 cm³/mol. The highest BCUT2D eigenvalue weighted by atomic mass is 32.2. The number of nitrogens with two attached hydrogens (primary N) is 1. The number of morpholine rings is 1. The molecule has 2 heterocycles. The van der Waals surface area contributed by atoms with Crippen molar-refractivity contribution in [2.75, 3.05) is 43.9 Å². The Morgan fingerprint density at radius 3 is 2.57 bits per heavy atom. The minimum atomic E-state index is -3.43. The first-order valence-electron chi connectivity index (χ1n) is 12.0. The molecule has 3 aromatic rings. The molecule has 3 N–H and O–H groups in total. The molecule has 0 spiro atoms. The summed E-state index contributed by atoms with van der Waals surface area (Å²) in [5.74, 6) is 0.343. The van der Waals surface area contributed by atoms with Crippen molar-refractivity contribution < 1.29 is 17.5 Å². The molecule has 10 nitrogen and oxygen atoms in total. The quantitative estimate of drug-likeness (QED) is 0.339. The van der Waals surface area contributed by atoms with Gasteiger partial charge in [-0.05, 0) is 31.0 Å². The van der Waals surface area contributed by atoms with Crippen LogP contribution < -0.4 is 11.1 Å². The largest absolute Gasteiger partial charge is 0.379 e. The molecule has 0 amide bonds. The molecule has 1 aliphatic rings. The minimum absolute atomic E-state index is 0.00175. The molecule has 0 saturated carbocycles. The molecule has 0 radical (unpaired) electrons. The van der Waals surface area contributed by atoms with Crippen molar-refractivity contribution in [3.05, 3.63) is 65.7 Å². The standard InChI is InChI=1S/C25H32FN7O3S/c1-25(2,19-9-10-20(21(26)17-19)18-7-5-4-6-8-18)22-29-24(32(3)31-22)30-23(27)28-11-16-37(34,35)33-12-14-36-15-13-33/h4-10,17H,11-16H2,1-3H3,(H3,27,28,29,30,31). The number of aliphatic imine (C=N–C) groups is 1. The number of aryl methyl sites for hydroxylation is 1. The number of anilines is 1. The number of nitrogens with zero attached hydrogens (tertiary/aromatic N) is 5. The van der Waals surface area contributed by atoms with Gasteiger partial charge in [0.2, 0.25) is 16.0 Å². The molecule has 0 atom stereocenters. The number of hydrogen-bond acceptors (Lipinski definition) is 6. The number of hydrogen-bond donors (Lipinski definition) is 2. The van der Waals surface area contributed by atoms with Crippen LogP contribution in [-0.2, 0) is 27.2 Å². The van der Waals surface area contributed by atoms with Crippen LogP contribution in [0.25, 0.3) is 11.1 Å². The van der Waals surface area contributed by atoms with Crippen LogP contribution in [0.3, 0.4) is 0 Å². The van der Waals surface area contributed by atoms with E-state index >= 15 is 4.39 Å². The molecule has 2 aromatic carbocycles. The molecule has 198 valence electrons. The van der Waals surface area contributed by atoms with E-state index in [4.69, 9.17) is 10.5 Å². The summed E-state index contributed by atoms with van der Waals surface area (Å²) in [5, 5.41) is 7.37. The maximum absolute atomic E-state index is 15.0. The molecule has 4 rings (SSSR count). The van der Waals surface area contributed by atoms with Gasteiger partial charge in [0.1, 0.15) is 5.82 Å². The minimum Gasteiger partial charge on any atom is -0.379 e. The summed E-state index contributed by atoms with van der Waals surface area (Å²) in [6, 6.07) is 14.5. The van der Waals surface area contributed by atoms with Crippen molar-refractivity contribution in [1.29, 1.82) is 0 Å². The summed E-state index contributed by atoms with van der Waals surface area (Å²) >= 11 is 0. The molecule has 1 saturated heterocycles. The van der Waals surface area contributed by atoms with Crippen molar-refractivity contribution in [2.45, 2.75) is 19.3 Å². The van der Waals surface area contributed by atoms with Crippen molar-refractivity contribution in [2.24, 2.45) is 17.8 Å². The summed E-state index contributed by atoms with van der Waals surface area (Å²) in [5.41, 5.74) is 7.33. The second-order valence-electron chi connectivity index (χ2n) is 9.29. The summed E-state index contributed by atoms with van der Waals surface area (Å²) in [7, 11) is -1.73. The first-order chi connectivity index (χ1) is 17.6. The van der Waals surface area contributed by atoms with Crippen LogP contribution in [0.2, 0.25) is 0 Å². The van der Waals surface area contributed by atoms with Gasteiger partial charge < -0.3 is 10.5 Å². The second kappa shape index (κ2) is 11.0. The molecule has 1 aliphatic heterocycles. The first-order valence-corrected chi connectivity index (χ1v) is 13.6. The molecule has 1 aromatic heterocycles. The molecule has 1 fully saturated rings. The van der Waals surface area contributed by atoms with Gasteiger partial charge in [-0.15, -0.1) is 0 Å². The fourth-order valence-corrected chi connectivity index (χ4v) is 5.32. The van der Waals surface area contributed by atoms with Gasteiger partial charge in [0, 0.05) is 25.7 Å². The van der Waals surface area contributed by atoms with Crippen LogP contribution >= 0.6 is 0 Å². The molecule has 12 heteroatoms. The van der Waals surface area contributed by atoms with E-state index in [2.05, 4.69) is 20.4 Å². The van der Waals surface area contributed by atoms with Gasteiger partial charge in [0.25, 0.3) is 0 Å². The highest BCUT2D eigenvalue weighted by molar-refractivity contribution is 7.89. The van der Waals surface area contributed by atoms with Gasteiger partial charge in [-0.1, -0.05) is 42.5 Å². The fraction of sp³-hybridized carbons (Fsp3) is 0.400. The van der Waals surface area contributed by atoms with Crippen LogP contribution in [0.5, 0.6) is 0 Å². The van der Waals surface area contributed by atoms with Crippen LogP contribution in [0.4, 0.5) is 10.3 Å². The highest BCUT2D eigenvalue weighted by Gasteiger charge is 2.30. The Morgan fingerprint density at radius 2 is 1.89 bits per heavy atom. The lowest BCUT2D eigenvalue weighted by Crippen LogP contribution is -2.42. The fourth-order valence-electron chi connectivity index (χ4n) is 4.03. The lowest BCUT2D eigenvalue weighted by molar-refractivity contribution is 0.0731. The number of benzene rings is 2. The Morgan fingerprint density at radius 1 is 1.19 bits per heavy atom. The van der Waals surface area contributed by atoms with Crippen molar-refractivity contribution >= 4 is 21.9 Å². The monoisotopic (exact) mass is 529 g/mol. The lowest BCUT2D eigenvalue weighted by Gasteiger charge is -2.25. The van der Waals surface area contributed by atoms with E-state index in [1.807, 2.05) is 50.2 Å². The average Bonchev–Trinajstić information content (AvgIpc) is 3.25. The molecular formula is C25H32FN7O3S.